The van der Waals surface area contributed by atoms with Crippen LogP contribution in [0.15, 0.2) is 24.3 Å². The predicted octanol–water partition coefficient (Wildman–Crippen LogP) is 2.92. The fourth-order valence-electron chi connectivity index (χ4n) is 2.54. The summed E-state index contributed by atoms with van der Waals surface area (Å²) in [6.07, 6.45) is 1.27. The van der Waals surface area contributed by atoms with Gasteiger partial charge in [-0.15, -0.1) is 0 Å². The van der Waals surface area contributed by atoms with Crippen molar-refractivity contribution >= 4 is 5.69 Å². The third-order valence-electron chi connectivity index (χ3n) is 3.63. The zero-order chi connectivity index (χ0) is 12.3. The molecule has 0 unspecified atom stereocenters. The van der Waals surface area contributed by atoms with E-state index in [1.54, 1.807) is 0 Å². The van der Waals surface area contributed by atoms with Crippen LogP contribution in [-0.2, 0) is 0 Å². The molecule has 0 bridgehead atoms. The number of hydrogen-bond acceptors (Lipinski definition) is 2. The molecule has 17 heavy (non-hydrogen) atoms. The van der Waals surface area contributed by atoms with Crippen LogP contribution in [0.2, 0.25) is 0 Å². The van der Waals surface area contributed by atoms with Gasteiger partial charge < -0.3 is 4.90 Å². The minimum absolute atomic E-state index is 0.674. The molecule has 1 fully saturated rings. The summed E-state index contributed by atoms with van der Waals surface area (Å²) in [5, 5.41) is 0. The molecule has 2 rings (SSSR count). The Kier molecular flexibility index (Phi) is 4.06. The van der Waals surface area contributed by atoms with Gasteiger partial charge in [-0.1, -0.05) is 12.1 Å². The van der Waals surface area contributed by atoms with E-state index in [0.717, 1.165) is 6.54 Å². The van der Waals surface area contributed by atoms with E-state index in [0.29, 0.717) is 6.04 Å². The SMILES string of the molecule is Cc1cccc(N2CCCN(C(C)C)CC2)c1. The molecule has 1 aliphatic heterocycles. The van der Waals surface area contributed by atoms with E-state index in [2.05, 4.69) is 54.8 Å². The van der Waals surface area contributed by atoms with Crippen LogP contribution in [-0.4, -0.2) is 37.1 Å². The summed E-state index contributed by atoms with van der Waals surface area (Å²) in [7, 11) is 0. The lowest BCUT2D eigenvalue weighted by molar-refractivity contribution is 0.238. The van der Waals surface area contributed by atoms with E-state index in [-0.39, 0.29) is 0 Å². The molecule has 0 spiro atoms. The Labute approximate surface area is 105 Å². The van der Waals surface area contributed by atoms with Crippen LogP contribution in [0.1, 0.15) is 25.8 Å². The second kappa shape index (κ2) is 5.54. The van der Waals surface area contributed by atoms with E-state index >= 15 is 0 Å². The van der Waals surface area contributed by atoms with Crippen LogP contribution in [0, 0.1) is 6.92 Å². The van der Waals surface area contributed by atoms with Crippen LogP contribution in [0.25, 0.3) is 0 Å². The van der Waals surface area contributed by atoms with Gasteiger partial charge in [0.25, 0.3) is 0 Å². The largest absolute Gasteiger partial charge is 0.370 e. The summed E-state index contributed by atoms with van der Waals surface area (Å²) in [5.74, 6) is 0. The first-order chi connectivity index (χ1) is 8.16. The molecule has 1 aromatic rings. The Bertz CT molecular complexity index is 360. The highest BCUT2D eigenvalue weighted by Gasteiger charge is 2.16. The van der Waals surface area contributed by atoms with Crippen molar-refractivity contribution < 1.29 is 0 Å². The Hall–Kier alpha value is -1.02. The van der Waals surface area contributed by atoms with E-state index < -0.39 is 0 Å². The fourth-order valence-corrected chi connectivity index (χ4v) is 2.54. The first-order valence-corrected chi connectivity index (χ1v) is 6.72. The Morgan fingerprint density at radius 3 is 2.59 bits per heavy atom. The van der Waals surface area contributed by atoms with Gasteiger partial charge in [0.1, 0.15) is 0 Å². The summed E-state index contributed by atoms with van der Waals surface area (Å²) in [4.78, 5) is 5.10. The van der Waals surface area contributed by atoms with Gasteiger partial charge in [-0.2, -0.15) is 0 Å². The second-order valence-corrected chi connectivity index (χ2v) is 5.31. The van der Waals surface area contributed by atoms with E-state index in [9.17, 15) is 0 Å². The molecule has 1 heterocycles. The van der Waals surface area contributed by atoms with Gasteiger partial charge in [0.2, 0.25) is 0 Å². The molecule has 2 heteroatoms. The maximum atomic E-state index is 2.58. The normalized spacial score (nSPS) is 18.5. The highest BCUT2D eigenvalue weighted by atomic mass is 15.2. The number of hydrogen-bond donors (Lipinski definition) is 0. The van der Waals surface area contributed by atoms with Crippen molar-refractivity contribution in [3.63, 3.8) is 0 Å². The summed E-state index contributed by atoms with van der Waals surface area (Å²) >= 11 is 0. The van der Waals surface area contributed by atoms with Crippen LogP contribution in [0.5, 0.6) is 0 Å². The van der Waals surface area contributed by atoms with Gasteiger partial charge in [0.05, 0.1) is 0 Å². The summed E-state index contributed by atoms with van der Waals surface area (Å²) < 4.78 is 0. The predicted molar refractivity (Wildman–Crippen MR) is 74.7 cm³/mol. The van der Waals surface area contributed by atoms with Gasteiger partial charge in [-0.3, -0.25) is 4.90 Å². The van der Waals surface area contributed by atoms with E-state index in [1.807, 2.05) is 0 Å². The molecule has 0 amide bonds. The molecule has 0 aliphatic carbocycles. The fraction of sp³-hybridized carbons (Fsp3) is 0.600. The molecule has 2 nitrogen and oxygen atoms in total. The minimum Gasteiger partial charge on any atom is -0.370 e. The van der Waals surface area contributed by atoms with E-state index in [1.165, 1.54) is 37.3 Å². The highest BCUT2D eigenvalue weighted by molar-refractivity contribution is 5.48. The quantitative estimate of drug-likeness (QED) is 0.773. The molecule has 1 aromatic carbocycles. The summed E-state index contributed by atoms with van der Waals surface area (Å²) in [6, 6.07) is 9.54. The zero-order valence-electron chi connectivity index (χ0n) is 11.3. The average Bonchev–Trinajstić information content (AvgIpc) is 2.54. The molecule has 0 aromatic heterocycles. The summed E-state index contributed by atoms with van der Waals surface area (Å²) in [5.41, 5.74) is 2.74. The van der Waals surface area contributed by atoms with Crippen LogP contribution in [0.3, 0.4) is 0 Å². The maximum absolute atomic E-state index is 2.58. The van der Waals surface area contributed by atoms with Gasteiger partial charge >= 0.3 is 0 Å². The van der Waals surface area contributed by atoms with Crippen LogP contribution >= 0.6 is 0 Å². The number of nitrogens with zero attached hydrogens (tertiary/aromatic N) is 2. The van der Waals surface area contributed by atoms with Crippen molar-refractivity contribution in [1.82, 2.24) is 4.90 Å². The lowest BCUT2D eigenvalue weighted by Gasteiger charge is -2.26. The lowest BCUT2D eigenvalue weighted by atomic mass is 10.2. The molecule has 0 radical (unpaired) electrons. The average molecular weight is 232 g/mol. The third kappa shape index (κ3) is 3.22. The second-order valence-electron chi connectivity index (χ2n) is 5.31. The lowest BCUT2D eigenvalue weighted by Crippen LogP contribution is -2.35. The van der Waals surface area contributed by atoms with Crippen molar-refractivity contribution in [2.75, 3.05) is 31.1 Å². The first-order valence-electron chi connectivity index (χ1n) is 6.72. The van der Waals surface area contributed by atoms with Crippen molar-refractivity contribution in [2.24, 2.45) is 0 Å². The molecule has 94 valence electrons. The highest BCUT2D eigenvalue weighted by Crippen LogP contribution is 2.18. The van der Waals surface area contributed by atoms with Gasteiger partial charge in [-0.05, 0) is 44.9 Å². The monoisotopic (exact) mass is 232 g/mol. The van der Waals surface area contributed by atoms with Crippen LogP contribution < -0.4 is 4.90 Å². The molecule has 1 aliphatic rings. The summed E-state index contributed by atoms with van der Waals surface area (Å²) in [6.45, 7) is 11.5. The number of aryl methyl sites for hydroxylation is 1. The third-order valence-corrected chi connectivity index (χ3v) is 3.63. The first kappa shape index (κ1) is 12.4. The molecule has 0 N–H and O–H groups in total. The topological polar surface area (TPSA) is 6.48 Å². The number of rotatable bonds is 2. The van der Waals surface area contributed by atoms with Gasteiger partial charge in [0.15, 0.2) is 0 Å². The van der Waals surface area contributed by atoms with Crippen molar-refractivity contribution in [1.29, 1.82) is 0 Å². The molecule has 0 saturated carbocycles. The van der Waals surface area contributed by atoms with Crippen molar-refractivity contribution in [3.8, 4) is 0 Å². The molecular formula is C15H24N2. The van der Waals surface area contributed by atoms with E-state index in [4.69, 9.17) is 0 Å². The smallest absolute Gasteiger partial charge is 0.0369 e. The van der Waals surface area contributed by atoms with Gasteiger partial charge in [-0.25, -0.2) is 0 Å². The Balaban J connectivity index is 2.04. The Morgan fingerprint density at radius 2 is 1.88 bits per heavy atom. The van der Waals surface area contributed by atoms with Gasteiger partial charge in [0, 0.05) is 37.9 Å². The Morgan fingerprint density at radius 1 is 1.06 bits per heavy atom. The molecular weight excluding hydrogens is 208 g/mol. The number of benzene rings is 1. The van der Waals surface area contributed by atoms with Crippen molar-refractivity contribution in [3.05, 3.63) is 29.8 Å². The molecule has 1 saturated heterocycles. The standard InChI is InChI=1S/C15H24N2/c1-13(2)16-8-5-9-17(11-10-16)15-7-4-6-14(3)12-15/h4,6-7,12-13H,5,8-11H2,1-3H3. The maximum Gasteiger partial charge on any atom is 0.0369 e. The van der Waals surface area contributed by atoms with Crippen molar-refractivity contribution in [2.45, 2.75) is 33.2 Å². The number of anilines is 1. The zero-order valence-corrected chi connectivity index (χ0v) is 11.3. The molecule has 0 atom stereocenters. The van der Waals surface area contributed by atoms with Crippen LogP contribution in [0.4, 0.5) is 5.69 Å². The minimum atomic E-state index is 0.674.